The molecule has 0 saturated carbocycles. The van der Waals surface area contributed by atoms with Crippen LogP contribution in [0.25, 0.3) is 6.08 Å². The van der Waals surface area contributed by atoms with Crippen molar-refractivity contribution in [2.75, 3.05) is 18.4 Å². The second-order valence-corrected chi connectivity index (χ2v) is 6.81. The Bertz CT molecular complexity index is 846. The molecule has 1 fully saturated rings. The van der Waals surface area contributed by atoms with Crippen molar-refractivity contribution in [2.45, 2.75) is 19.0 Å². The Labute approximate surface area is 161 Å². The van der Waals surface area contributed by atoms with Crippen molar-refractivity contribution in [2.24, 2.45) is 0 Å². The summed E-state index contributed by atoms with van der Waals surface area (Å²) in [6.07, 6.45) is 5.21. The number of amides is 1. The maximum atomic E-state index is 13.3. The van der Waals surface area contributed by atoms with E-state index in [0.717, 1.165) is 25.1 Å². The highest BCUT2D eigenvalue weighted by Gasteiger charge is 2.23. The number of rotatable bonds is 6. The molecule has 1 atom stereocenters. The summed E-state index contributed by atoms with van der Waals surface area (Å²) in [5.74, 6) is -0.265. The Kier molecular flexibility index (Phi) is 6.39. The Hall–Kier alpha value is -2.48. The highest BCUT2D eigenvalue weighted by molar-refractivity contribution is 6.33. The first-order chi connectivity index (χ1) is 13.0. The molecule has 0 aliphatic carbocycles. The molecule has 1 aromatic heterocycles. The minimum atomic E-state index is -0.627. The normalized spacial score (nSPS) is 17.4. The standard InChI is InChI=1S/C19H20ClFN4O2/c20-17-9-13(4-5-18(26)24-27)10-22-19(17)23-16-6-7-25(12-16)11-14-2-1-3-15(21)8-14/h1-5,8-10,16,27H,6-7,11-12H2,(H,22,23)(H,24,26)/t16-/m1/s1. The van der Waals surface area contributed by atoms with Gasteiger partial charge in [-0.3, -0.25) is 14.9 Å². The number of nitrogens with zero attached hydrogens (tertiary/aromatic N) is 2. The van der Waals surface area contributed by atoms with Gasteiger partial charge in [0.25, 0.3) is 5.91 Å². The van der Waals surface area contributed by atoms with E-state index in [0.29, 0.717) is 22.9 Å². The minimum absolute atomic E-state index is 0.199. The molecule has 2 heterocycles. The number of pyridine rings is 1. The lowest BCUT2D eigenvalue weighted by Gasteiger charge is -2.17. The summed E-state index contributed by atoms with van der Waals surface area (Å²) < 4.78 is 13.3. The molecule has 142 valence electrons. The molecule has 27 heavy (non-hydrogen) atoms. The van der Waals surface area contributed by atoms with E-state index in [1.165, 1.54) is 23.7 Å². The van der Waals surface area contributed by atoms with E-state index >= 15 is 0 Å². The van der Waals surface area contributed by atoms with Crippen LogP contribution < -0.4 is 10.8 Å². The van der Waals surface area contributed by atoms with Crippen molar-refractivity contribution in [1.82, 2.24) is 15.4 Å². The second-order valence-electron chi connectivity index (χ2n) is 6.40. The predicted molar refractivity (Wildman–Crippen MR) is 102 cm³/mol. The second kappa shape index (κ2) is 8.94. The summed E-state index contributed by atoms with van der Waals surface area (Å²) in [7, 11) is 0. The van der Waals surface area contributed by atoms with Crippen LogP contribution in [0.2, 0.25) is 5.02 Å². The molecule has 0 unspecified atom stereocenters. The predicted octanol–water partition coefficient (Wildman–Crippen LogP) is 3.08. The molecule has 2 aromatic rings. The first-order valence-corrected chi connectivity index (χ1v) is 8.92. The fraction of sp³-hybridized carbons (Fsp3) is 0.263. The van der Waals surface area contributed by atoms with E-state index in [2.05, 4.69) is 15.2 Å². The van der Waals surface area contributed by atoms with E-state index < -0.39 is 5.91 Å². The third-order valence-electron chi connectivity index (χ3n) is 4.31. The van der Waals surface area contributed by atoms with Crippen LogP contribution in [0.15, 0.2) is 42.6 Å². The number of aromatic nitrogens is 1. The third-order valence-corrected chi connectivity index (χ3v) is 4.60. The van der Waals surface area contributed by atoms with Gasteiger partial charge in [0.2, 0.25) is 0 Å². The highest BCUT2D eigenvalue weighted by Crippen LogP contribution is 2.24. The molecule has 8 heteroatoms. The highest BCUT2D eigenvalue weighted by atomic mass is 35.5. The first kappa shape index (κ1) is 19.3. The van der Waals surface area contributed by atoms with Gasteiger partial charge in [0, 0.05) is 37.9 Å². The molecule has 3 N–H and O–H groups in total. The number of benzene rings is 1. The van der Waals surface area contributed by atoms with Crippen molar-refractivity contribution in [3.05, 3.63) is 64.6 Å². The molecule has 0 bridgehead atoms. The Morgan fingerprint density at radius 3 is 3.04 bits per heavy atom. The lowest BCUT2D eigenvalue weighted by Crippen LogP contribution is -2.26. The van der Waals surface area contributed by atoms with Crippen LogP contribution in [0, 0.1) is 5.82 Å². The Morgan fingerprint density at radius 2 is 2.30 bits per heavy atom. The maximum Gasteiger partial charge on any atom is 0.267 e. The van der Waals surface area contributed by atoms with Crippen molar-refractivity contribution >= 4 is 29.4 Å². The SMILES string of the molecule is O=C(C=Cc1cnc(N[C@@H]2CCN(Cc3cccc(F)c3)C2)c(Cl)c1)NO. The van der Waals surface area contributed by atoms with Crippen LogP contribution in [-0.4, -0.2) is 40.1 Å². The van der Waals surface area contributed by atoms with E-state index in [1.54, 1.807) is 24.4 Å². The molecule has 3 rings (SSSR count). The summed E-state index contributed by atoms with van der Waals surface area (Å²) in [5.41, 5.74) is 3.12. The quantitative estimate of drug-likeness (QED) is 0.401. The lowest BCUT2D eigenvalue weighted by atomic mass is 10.2. The number of carbonyl (C=O) groups is 1. The number of nitrogens with one attached hydrogen (secondary N) is 2. The average molecular weight is 391 g/mol. The van der Waals surface area contributed by atoms with E-state index in [1.807, 2.05) is 6.07 Å². The molecule has 1 aliphatic heterocycles. The van der Waals surface area contributed by atoms with E-state index in [4.69, 9.17) is 16.8 Å². The number of hydrogen-bond acceptors (Lipinski definition) is 5. The fourth-order valence-electron chi connectivity index (χ4n) is 3.04. The number of likely N-dealkylation sites (tertiary alicyclic amines) is 1. The summed E-state index contributed by atoms with van der Waals surface area (Å²) >= 11 is 6.28. The number of anilines is 1. The molecule has 0 radical (unpaired) electrons. The molecule has 1 aliphatic rings. The lowest BCUT2D eigenvalue weighted by molar-refractivity contribution is -0.124. The minimum Gasteiger partial charge on any atom is -0.365 e. The van der Waals surface area contributed by atoms with Crippen molar-refractivity contribution in [1.29, 1.82) is 0 Å². The van der Waals surface area contributed by atoms with Gasteiger partial charge >= 0.3 is 0 Å². The van der Waals surface area contributed by atoms with Gasteiger partial charge in [-0.1, -0.05) is 23.7 Å². The van der Waals surface area contributed by atoms with Crippen LogP contribution in [0.3, 0.4) is 0 Å². The number of carbonyl (C=O) groups excluding carboxylic acids is 1. The van der Waals surface area contributed by atoms with Crippen LogP contribution in [0.5, 0.6) is 0 Å². The van der Waals surface area contributed by atoms with E-state index in [9.17, 15) is 9.18 Å². The zero-order valence-electron chi connectivity index (χ0n) is 14.5. The molecule has 0 spiro atoms. The van der Waals surface area contributed by atoms with Crippen LogP contribution in [0.1, 0.15) is 17.5 Å². The average Bonchev–Trinajstić information content (AvgIpc) is 3.08. The smallest absolute Gasteiger partial charge is 0.267 e. The van der Waals surface area contributed by atoms with Crippen molar-refractivity contribution < 1.29 is 14.4 Å². The fourth-order valence-corrected chi connectivity index (χ4v) is 3.27. The summed E-state index contributed by atoms with van der Waals surface area (Å²) in [5, 5.41) is 12.3. The Morgan fingerprint density at radius 1 is 1.44 bits per heavy atom. The van der Waals surface area contributed by atoms with Gasteiger partial charge in [-0.05, 0) is 41.8 Å². The van der Waals surface area contributed by atoms with Gasteiger partial charge in [-0.15, -0.1) is 0 Å². The summed E-state index contributed by atoms with van der Waals surface area (Å²) in [6.45, 7) is 2.42. The van der Waals surface area contributed by atoms with Crippen molar-refractivity contribution in [3.8, 4) is 0 Å². The molecule has 1 amide bonds. The number of halogens is 2. The summed E-state index contributed by atoms with van der Waals surface area (Å²) in [4.78, 5) is 17.6. The van der Waals surface area contributed by atoms with Gasteiger partial charge in [0.1, 0.15) is 11.6 Å². The van der Waals surface area contributed by atoms with Gasteiger partial charge < -0.3 is 5.32 Å². The molecule has 6 nitrogen and oxygen atoms in total. The van der Waals surface area contributed by atoms with Crippen molar-refractivity contribution in [3.63, 3.8) is 0 Å². The third kappa shape index (κ3) is 5.50. The molecule has 1 aromatic carbocycles. The largest absolute Gasteiger partial charge is 0.365 e. The van der Waals surface area contributed by atoms with Gasteiger partial charge in [0.05, 0.1) is 5.02 Å². The zero-order valence-corrected chi connectivity index (χ0v) is 15.3. The van der Waals surface area contributed by atoms with E-state index in [-0.39, 0.29) is 11.9 Å². The number of hydrogen-bond donors (Lipinski definition) is 3. The Balaban J connectivity index is 1.56. The van der Waals surface area contributed by atoms with Gasteiger partial charge in [-0.25, -0.2) is 14.9 Å². The monoisotopic (exact) mass is 390 g/mol. The zero-order chi connectivity index (χ0) is 19.2. The van der Waals surface area contributed by atoms with Gasteiger partial charge in [0.15, 0.2) is 0 Å². The van der Waals surface area contributed by atoms with Crippen LogP contribution in [-0.2, 0) is 11.3 Å². The molecule has 1 saturated heterocycles. The first-order valence-electron chi connectivity index (χ1n) is 8.54. The molecular weight excluding hydrogens is 371 g/mol. The topological polar surface area (TPSA) is 77.5 Å². The van der Waals surface area contributed by atoms with Gasteiger partial charge in [-0.2, -0.15) is 0 Å². The summed E-state index contributed by atoms with van der Waals surface area (Å²) in [6, 6.07) is 8.54. The van der Waals surface area contributed by atoms with Crippen LogP contribution >= 0.6 is 11.6 Å². The molecular formula is C19H20ClFN4O2. The van der Waals surface area contributed by atoms with Crippen LogP contribution in [0.4, 0.5) is 10.2 Å². The maximum absolute atomic E-state index is 13.3. The number of hydroxylamine groups is 1.